The summed E-state index contributed by atoms with van der Waals surface area (Å²) in [4.78, 5) is 17.1. The molecule has 0 bridgehead atoms. The average Bonchev–Trinajstić information content (AvgIpc) is 2.42. The zero-order chi connectivity index (χ0) is 14.1. The molecule has 1 rings (SSSR count). The van der Waals surface area contributed by atoms with E-state index in [-0.39, 0.29) is 5.69 Å². The normalized spacial score (nSPS) is 10.9. The first-order chi connectivity index (χ1) is 9.17. The van der Waals surface area contributed by atoms with Gasteiger partial charge in [-0.1, -0.05) is 6.07 Å². The Hall–Kier alpha value is -1.50. The van der Waals surface area contributed by atoms with E-state index in [0.29, 0.717) is 19.8 Å². The lowest BCUT2D eigenvalue weighted by Gasteiger charge is -2.21. The van der Waals surface area contributed by atoms with Gasteiger partial charge in [-0.05, 0) is 12.1 Å². The van der Waals surface area contributed by atoms with Crippen LogP contribution in [0.25, 0.3) is 0 Å². The lowest BCUT2D eigenvalue weighted by atomic mass is 10.3. The molecule has 19 heavy (non-hydrogen) atoms. The standard InChI is InChI=1S/C13H20N2O4/c1-18-8-6-15(7-9-19-2)10-11-4-3-5-12(14-11)13(16)17/h3-5H,6-10H2,1-2H3,(H,16,17). The predicted octanol–water partition coefficient (Wildman–Crippen LogP) is 0.875. The maximum Gasteiger partial charge on any atom is 0.354 e. The third-order valence-electron chi connectivity index (χ3n) is 2.63. The number of hydrogen-bond donors (Lipinski definition) is 1. The molecule has 0 radical (unpaired) electrons. The average molecular weight is 268 g/mol. The summed E-state index contributed by atoms with van der Waals surface area (Å²) in [6, 6.07) is 5.01. The van der Waals surface area contributed by atoms with E-state index in [1.165, 1.54) is 6.07 Å². The highest BCUT2D eigenvalue weighted by atomic mass is 16.5. The second-order valence-corrected chi connectivity index (χ2v) is 4.08. The summed E-state index contributed by atoms with van der Waals surface area (Å²) in [5.41, 5.74) is 0.794. The second kappa shape index (κ2) is 8.58. The molecule has 0 saturated carbocycles. The molecule has 6 nitrogen and oxygen atoms in total. The molecule has 0 amide bonds. The third-order valence-corrected chi connectivity index (χ3v) is 2.63. The van der Waals surface area contributed by atoms with Gasteiger partial charge in [0, 0.05) is 33.9 Å². The van der Waals surface area contributed by atoms with Gasteiger partial charge in [0.2, 0.25) is 0 Å². The van der Waals surface area contributed by atoms with E-state index >= 15 is 0 Å². The number of rotatable bonds is 9. The Morgan fingerprint density at radius 2 is 1.89 bits per heavy atom. The molecule has 0 saturated heterocycles. The van der Waals surface area contributed by atoms with Crippen LogP contribution in [0.15, 0.2) is 18.2 Å². The van der Waals surface area contributed by atoms with Gasteiger partial charge in [-0.25, -0.2) is 9.78 Å². The molecule has 0 aliphatic rings. The maximum absolute atomic E-state index is 10.9. The van der Waals surface area contributed by atoms with Gasteiger partial charge in [0.1, 0.15) is 5.69 Å². The van der Waals surface area contributed by atoms with Crippen molar-refractivity contribution in [3.63, 3.8) is 0 Å². The van der Waals surface area contributed by atoms with E-state index in [2.05, 4.69) is 9.88 Å². The van der Waals surface area contributed by atoms with Gasteiger partial charge in [0.05, 0.1) is 18.9 Å². The summed E-state index contributed by atoms with van der Waals surface area (Å²) in [6.45, 7) is 3.30. The Bertz CT molecular complexity index is 390. The Morgan fingerprint density at radius 3 is 2.42 bits per heavy atom. The van der Waals surface area contributed by atoms with Crippen LogP contribution in [-0.4, -0.2) is 61.5 Å². The van der Waals surface area contributed by atoms with Crippen LogP contribution in [0, 0.1) is 0 Å². The molecule has 1 aromatic rings. The number of nitrogens with zero attached hydrogens (tertiary/aromatic N) is 2. The summed E-state index contributed by atoms with van der Waals surface area (Å²) in [6.07, 6.45) is 0. The Labute approximate surface area is 113 Å². The van der Waals surface area contributed by atoms with Gasteiger partial charge >= 0.3 is 5.97 Å². The van der Waals surface area contributed by atoms with Crippen molar-refractivity contribution in [2.75, 3.05) is 40.5 Å². The van der Waals surface area contributed by atoms with Gasteiger partial charge in [0.25, 0.3) is 0 Å². The molecule has 0 aromatic carbocycles. The van der Waals surface area contributed by atoms with E-state index in [9.17, 15) is 4.79 Å². The minimum atomic E-state index is -1.01. The van der Waals surface area contributed by atoms with Crippen molar-refractivity contribution in [2.45, 2.75) is 6.54 Å². The zero-order valence-corrected chi connectivity index (χ0v) is 11.3. The van der Waals surface area contributed by atoms with Crippen LogP contribution in [0.2, 0.25) is 0 Å². The third kappa shape index (κ3) is 5.78. The van der Waals surface area contributed by atoms with Gasteiger partial charge in [-0.15, -0.1) is 0 Å². The summed E-state index contributed by atoms with van der Waals surface area (Å²) in [5.74, 6) is -1.01. The van der Waals surface area contributed by atoms with Crippen LogP contribution in [0.3, 0.4) is 0 Å². The van der Waals surface area contributed by atoms with Crippen molar-refractivity contribution < 1.29 is 19.4 Å². The molecule has 0 aliphatic heterocycles. The first-order valence-corrected chi connectivity index (χ1v) is 6.07. The summed E-state index contributed by atoms with van der Waals surface area (Å²) in [5, 5.41) is 8.91. The molecule has 0 aliphatic carbocycles. The molecule has 1 aromatic heterocycles. The highest BCUT2D eigenvalue weighted by Crippen LogP contribution is 2.04. The fraction of sp³-hybridized carbons (Fsp3) is 0.538. The first-order valence-electron chi connectivity index (χ1n) is 6.07. The van der Waals surface area contributed by atoms with E-state index in [4.69, 9.17) is 14.6 Å². The lowest BCUT2D eigenvalue weighted by molar-refractivity contribution is 0.0689. The van der Waals surface area contributed by atoms with Gasteiger partial charge in [-0.3, -0.25) is 4.90 Å². The van der Waals surface area contributed by atoms with Crippen LogP contribution in [0.4, 0.5) is 0 Å². The molecule has 0 unspecified atom stereocenters. The number of aromatic nitrogens is 1. The highest BCUT2D eigenvalue weighted by molar-refractivity contribution is 5.85. The van der Waals surface area contributed by atoms with E-state index in [1.54, 1.807) is 20.3 Å². The number of ether oxygens (including phenoxy) is 2. The van der Waals surface area contributed by atoms with E-state index in [1.807, 2.05) is 6.07 Å². The Morgan fingerprint density at radius 1 is 1.26 bits per heavy atom. The van der Waals surface area contributed by atoms with Crippen LogP contribution in [0.5, 0.6) is 0 Å². The van der Waals surface area contributed by atoms with Crippen molar-refractivity contribution in [3.05, 3.63) is 29.6 Å². The zero-order valence-electron chi connectivity index (χ0n) is 11.3. The van der Waals surface area contributed by atoms with Crippen LogP contribution in [-0.2, 0) is 16.0 Å². The highest BCUT2D eigenvalue weighted by Gasteiger charge is 2.09. The number of methoxy groups -OCH3 is 2. The summed E-state index contributed by atoms with van der Waals surface area (Å²) in [7, 11) is 3.30. The summed E-state index contributed by atoms with van der Waals surface area (Å²) < 4.78 is 10.1. The van der Waals surface area contributed by atoms with Crippen LogP contribution in [0.1, 0.15) is 16.2 Å². The molecule has 0 atom stereocenters. The smallest absolute Gasteiger partial charge is 0.354 e. The number of carbonyl (C=O) groups is 1. The molecule has 106 valence electrons. The Balaban J connectivity index is 2.65. The largest absolute Gasteiger partial charge is 0.477 e. The minimum absolute atomic E-state index is 0.0657. The minimum Gasteiger partial charge on any atom is -0.477 e. The molecular weight excluding hydrogens is 248 g/mol. The molecule has 0 fully saturated rings. The summed E-state index contributed by atoms with van der Waals surface area (Å²) >= 11 is 0. The fourth-order valence-corrected chi connectivity index (χ4v) is 1.63. The molecule has 0 spiro atoms. The van der Waals surface area contributed by atoms with E-state index < -0.39 is 5.97 Å². The molecule has 1 N–H and O–H groups in total. The number of carboxylic acids is 1. The maximum atomic E-state index is 10.9. The fourth-order valence-electron chi connectivity index (χ4n) is 1.63. The van der Waals surface area contributed by atoms with Crippen molar-refractivity contribution in [3.8, 4) is 0 Å². The van der Waals surface area contributed by atoms with E-state index in [0.717, 1.165) is 18.8 Å². The molecule has 1 heterocycles. The number of hydrogen-bond acceptors (Lipinski definition) is 5. The van der Waals surface area contributed by atoms with Crippen molar-refractivity contribution in [1.29, 1.82) is 0 Å². The van der Waals surface area contributed by atoms with Gasteiger partial charge in [-0.2, -0.15) is 0 Å². The number of aromatic carboxylic acids is 1. The van der Waals surface area contributed by atoms with Crippen molar-refractivity contribution in [1.82, 2.24) is 9.88 Å². The van der Waals surface area contributed by atoms with Crippen LogP contribution < -0.4 is 0 Å². The lowest BCUT2D eigenvalue weighted by Crippen LogP contribution is -2.30. The SMILES string of the molecule is COCCN(CCOC)Cc1cccc(C(=O)O)n1. The molecule has 6 heteroatoms. The monoisotopic (exact) mass is 268 g/mol. The predicted molar refractivity (Wildman–Crippen MR) is 70.2 cm³/mol. The quantitative estimate of drug-likeness (QED) is 0.716. The molecular formula is C13H20N2O4. The van der Waals surface area contributed by atoms with Crippen molar-refractivity contribution >= 4 is 5.97 Å². The number of carboxylic acid groups (broad SMARTS) is 1. The first kappa shape index (κ1) is 15.6. The topological polar surface area (TPSA) is 71.9 Å². The second-order valence-electron chi connectivity index (χ2n) is 4.08. The number of pyridine rings is 1. The van der Waals surface area contributed by atoms with Crippen LogP contribution >= 0.6 is 0 Å². The van der Waals surface area contributed by atoms with Crippen molar-refractivity contribution in [2.24, 2.45) is 0 Å². The Kier molecular flexibility index (Phi) is 7.02. The van der Waals surface area contributed by atoms with Gasteiger partial charge in [0.15, 0.2) is 0 Å². The van der Waals surface area contributed by atoms with Gasteiger partial charge < -0.3 is 14.6 Å².